The first-order valence-corrected chi connectivity index (χ1v) is 3.51. The Bertz CT molecular complexity index is 462. The highest BCUT2D eigenvalue weighted by atomic mass is 15.2. The second-order valence-electron chi connectivity index (χ2n) is 2.46. The van der Waals surface area contributed by atoms with E-state index >= 15 is 0 Å². The maximum absolute atomic E-state index is 5.67. The number of nitrogens with zero attached hydrogens (tertiary/aromatic N) is 2. The van der Waals surface area contributed by atoms with Gasteiger partial charge in [0, 0.05) is 6.20 Å². The average Bonchev–Trinajstić information content (AvgIpc) is 2.48. The fraction of sp³-hybridized carbons (Fsp3) is 0. The van der Waals surface area contributed by atoms with Crippen LogP contribution in [0.25, 0.3) is 5.52 Å². The van der Waals surface area contributed by atoms with Crippen LogP contribution in [0.15, 0.2) is 24.5 Å². The van der Waals surface area contributed by atoms with Gasteiger partial charge in [-0.1, -0.05) is 5.92 Å². The molecule has 0 saturated carbocycles. The monoisotopic (exact) mass is 157 g/mol. The van der Waals surface area contributed by atoms with E-state index in [9.17, 15) is 0 Å². The van der Waals surface area contributed by atoms with Crippen LogP contribution in [-0.2, 0) is 0 Å². The Balaban J connectivity index is 2.96. The summed E-state index contributed by atoms with van der Waals surface area (Å²) in [7, 11) is 0. The van der Waals surface area contributed by atoms with Crippen molar-refractivity contribution in [3.05, 3.63) is 30.1 Å². The summed E-state index contributed by atoms with van der Waals surface area (Å²) in [5.41, 5.74) is 7.86. The van der Waals surface area contributed by atoms with Gasteiger partial charge in [-0.25, -0.2) is 4.52 Å². The maximum Gasteiger partial charge on any atom is 0.105 e. The molecule has 0 spiro atoms. The molecule has 0 saturated heterocycles. The Morgan fingerprint density at radius 2 is 2.42 bits per heavy atom. The molecule has 2 rings (SSSR count). The van der Waals surface area contributed by atoms with Gasteiger partial charge in [0.2, 0.25) is 0 Å². The van der Waals surface area contributed by atoms with Crippen molar-refractivity contribution in [2.75, 3.05) is 5.73 Å². The van der Waals surface area contributed by atoms with Gasteiger partial charge in [-0.05, 0) is 12.1 Å². The third-order valence-corrected chi connectivity index (χ3v) is 1.72. The summed E-state index contributed by atoms with van der Waals surface area (Å²) in [4.78, 5) is 0. The number of nitrogen functional groups attached to an aromatic ring is 1. The minimum Gasteiger partial charge on any atom is -0.396 e. The van der Waals surface area contributed by atoms with E-state index in [2.05, 4.69) is 11.0 Å². The molecule has 0 aliphatic carbocycles. The van der Waals surface area contributed by atoms with Crippen LogP contribution in [0, 0.1) is 12.3 Å². The van der Waals surface area contributed by atoms with Gasteiger partial charge in [0.1, 0.15) is 5.52 Å². The lowest BCUT2D eigenvalue weighted by atomic mass is 10.2. The summed E-state index contributed by atoms with van der Waals surface area (Å²) in [6.45, 7) is 0. The number of aromatic nitrogens is 2. The molecule has 3 heteroatoms. The Kier molecular flexibility index (Phi) is 1.28. The first-order valence-electron chi connectivity index (χ1n) is 3.51. The first-order chi connectivity index (χ1) is 5.83. The number of terminal acetylenes is 1. The average molecular weight is 157 g/mol. The van der Waals surface area contributed by atoms with E-state index in [4.69, 9.17) is 12.2 Å². The van der Waals surface area contributed by atoms with Crippen LogP contribution in [0.3, 0.4) is 0 Å². The van der Waals surface area contributed by atoms with Gasteiger partial charge in [0.05, 0.1) is 17.4 Å². The van der Waals surface area contributed by atoms with Gasteiger partial charge in [-0.3, -0.25) is 0 Å². The van der Waals surface area contributed by atoms with E-state index in [0.717, 1.165) is 11.1 Å². The molecule has 0 atom stereocenters. The van der Waals surface area contributed by atoms with E-state index in [1.165, 1.54) is 0 Å². The Hall–Kier alpha value is -1.95. The van der Waals surface area contributed by atoms with Crippen molar-refractivity contribution in [2.45, 2.75) is 0 Å². The van der Waals surface area contributed by atoms with Crippen molar-refractivity contribution in [3.8, 4) is 12.3 Å². The zero-order valence-electron chi connectivity index (χ0n) is 6.36. The second kappa shape index (κ2) is 2.28. The molecule has 0 fully saturated rings. The summed E-state index contributed by atoms with van der Waals surface area (Å²) in [5.74, 6) is 2.56. The van der Waals surface area contributed by atoms with Gasteiger partial charge >= 0.3 is 0 Å². The summed E-state index contributed by atoms with van der Waals surface area (Å²) in [5, 5.41) is 4.02. The number of hydrogen-bond acceptors (Lipinski definition) is 2. The zero-order valence-corrected chi connectivity index (χ0v) is 6.36. The second-order valence-corrected chi connectivity index (χ2v) is 2.46. The van der Waals surface area contributed by atoms with Crippen LogP contribution < -0.4 is 5.73 Å². The van der Waals surface area contributed by atoms with Crippen molar-refractivity contribution in [3.63, 3.8) is 0 Å². The molecule has 0 aromatic carbocycles. The van der Waals surface area contributed by atoms with Gasteiger partial charge in [0.25, 0.3) is 0 Å². The molecule has 2 aromatic heterocycles. The molecular formula is C9H7N3. The highest BCUT2D eigenvalue weighted by Gasteiger charge is 2.02. The standard InChI is InChI=1S/C9H7N3/c1-2-7-4-3-5-12-9(7)8(10)6-11-12/h1,3-6H,10H2. The molecule has 0 unspecified atom stereocenters. The fourth-order valence-corrected chi connectivity index (χ4v) is 1.18. The van der Waals surface area contributed by atoms with Crippen LogP contribution >= 0.6 is 0 Å². The van der Waals surface area contributed by atoms with Gasteiger partial charge in [-0.2, -0.15) is 5.10 Å². The number of fused-ring (bicyclic) bond motifs is 1. The maximum atomic E-state index is 5.67. The number of rotatable bonds is 0. The Morgan fingerprint density at radius 3 is 3.17 bits per heavy atom. The quantitative estimate of drug-likeness (QED) is 0.577. The van der Waals surface area contributed by atoms with E-state index in [0.29, 0.717) is 5.69 Å². The van der Waals surface area contributed by atoms with E-state index in [-0.39, 0.29) is 0 Å². The molecule has 0 aliphatic rings. The lowest BCUT2D eigenvalue weighted by molar-refractivity contribution is 0.959. The molecule has 0 amide bonds. The van der Waals surface area contributed by atoms with E-state index in [1.807, 2.05) is 18.3 Å². The number of hydrogen-bond donors (Lipinski definition) is 1. The molecule has 2 aromatic rings. The number of pyridine rings is 1. The van der Waals surface area contributed by atoms with E-state index in [1.54, 1.807) is 10.7 Å². The third kappa shape index (κ3) is 0.753. The molecule has 58 valence electrons. The summed E-state index contributed by atoms with van der Waals surface area (Å²) in [6.07, 6.45) is 8.70. The molecule has 2 heterocycles. The lowest BCUT2D eigenvalue weighted by Crippen LogP contribution is -1.90. The highest BCUT2D eigenvalue weighted by molar-refractivity contribution is 5.76. The predicted molar refractivity (Wildman–Crippen MR) is 47.5 cm³/mol. The van der Waals surface area contributed by atoms with Gasteiger partial charge in [-0.15, -0.1) is 6.42 Å². The van der Waals surface area contributed by atoms with Crippen LogP contribution in [0.5, 0.6) is 0 Å². The predicted octanol–water partition coefficient (Wildman–Crippen LogP) is 0.898. The van der Waals surface area contributed by atoms with Crippen molar-refractivity contribution in [1.82, 2.24) is 9.61 Å². The number of anilines is 1. The van der Waals surface area contributed by atoms with Crippen LogP contribution in [-0.4, -0.2) is 9.61 Å². The summed E-state index contributed by atoms with van der Waals surface area (Å²) >= 11 is 0. The minimum atomic E-state index is 0.614. The Labute approximate surface area is 69.8 Å². The number of nitrogens with two attached hydrogens (primary N) is 1. The SMILES string of the molecule is C#Cc1cccn2ncc(N)c12. The van der Waals surface area contributed by atoms with Crippen LogP contribution in [0.2, 0.25) is 0 Å². The molecule has 0 radical (unpaired) electrons. The first kappa shape index (κ1) is 6.74. The summed E-state index contributed by atoms with van der Waals surface area (Å²) < 4.78 is 1.67. The van der Waals surface area contributed by atoms with Gasteiger partial charge < -0.3 is 5.73 Å². The largest absolute Gasteiger partial charge is 0.396 e. The van der Waals surface area contributed by atoms with Crippen molar-refractivity contribution >= 4 is 11.2 Å². The lowest BCUT2D eigenvalue weighted by Gasteiger charge is -1.95. The Morgan fingerprint density at radius 1 is 1.58 bits per heavy atom. The topological polar surface area (TPSA) is 43.3 Å². The molecule has 3 nitrogen and oxygen atoms in total. The zero-order chi connectivity index (χ0) is 8.55. The van der Waals surface area contributed by atoms with Crippen molar-refractivity contribution in [1.29, 1.82) is 0 Å². The van der Waals surface area contributed by atoms with E-state index < -0.39 is 0 Å². The molecule has 0 aliphatic heterocycles. The summed E-state index contributed by atoms with van der Waals surface area (Å²) in [6, 6.07) is 3.68. The molecule has 0 bridgehead atoms. The highest BCUT2D eigenvalue weighted by Crippen LogP contribution is 2.16. The smallest absolute Gasteiger partial charge is 0.105 e. The van der Waals surface area contributed by atoms with Crippen molar-refractivity contribution < 1.29 is 0 Å². The normalized spacial score (nSPS) is 9.92. The molecular weight excluding hydrogens is 150 g/mol. The van der Waals surface area contributed by atoms with Crippen LogP contribution in [0.4, 0.5) is 5.69 Å². The fourth-order valence-electron chi connectivity index (χ4n) is 1.18. The third-order valence-electron chi connectivity index (χ3n) is 1.72. The van der Waals surface area contributed by atoms with Crippen LogP contribution in [0.1, 0.15) is 5.56 Å². The minimum absolute atomic E-state index is 0.614. The molecule has 12 heavy (non-hydrogen) atoms. The molecule has 2 N–H and O–H groups in total. The van der Waals surface area contributed by atoms with Gasteiger partial charge in [0.15, 0.2) is 0 Å². The van der Waals surface area contributed by atoms with Crippen molar-refractivity contribution in [2.24, 2.45) is 0 Å².